The highest BCUT2D eigenvalue weighted by molar-refractivity contribution is 6.06. The molecule has 2 aliphatic heterocycles. The smallest absolute Gasteiger partial charge is 0.260 e. The number of rotatable bonds is 6. The number of para-hydroxylation sites is 2. The molecule has 182 valence electrons. The van der Waals surface area contributed by atoms with Gasteiger partial charge in [-0.1, -0.05) is 24.3 Å². The van der Waals surface area contributed by atoms with Crippen LogP contribution >= 0.6 is 0 Å². The second-order valence-electron chi connectivity index (χ2n) is 8.31. The molecule has 1 aromatic heterocycles. The van der Waals surface area contributed by atoms with Crippen LogP contribution in [0.4, 0.5) is 11.5 Å². The second-order valence-corrected chi connectivity index (χ2v) is 8.31. The minimum atomic E-state index is -0.675. The summed E-state index contributed by atoms with van der Waals surface area (Å²) >= 11 is 0. The minimum absolute atomic E-state index is 0.107. The molecule has 0 radical (unpaired) electrons. The molecular formula is C24H27N7O4. The molecule has 2 amide bonds. The number of hydrogen-bond acceptors (Lipinski definition) is 8. The molecule has 2 aliphatic rings. The predicted molar refractivity (Wildman–Crippen MR) is 129 cm³/mol. The summed E-state index contributed by atoms with van der Waals surface area (Å²) in [6.45, 7) is 2.32. The third-order valence-corrected chi connectivity index (χ3v) is 6.11. The summed E-state index contributed by atoms with van der Waals surface area (Å²) in [7, 11) is 2.99. The number of nitrogens with one attached hydrogen (secondary N) is 4. The number of fused-ring (bicyclic) bond motifs is 1. The number of hydrazine groups is 1. The third-order valence-electron chi connectivity index (χ3n) is 6.11. The van der Waals surface area contributed by atoms with E-state index in [-0.39, 0.29) is 18.0 Å². The van der Waals surface area contributed by atoms with Gasteiger partial charge in [-0.3, -0.25) is 19.9 Å². The van der Waals surface area contributed by atoms with Crippen molar-refractivity contribution in [3.8, 4) is 11.5 Å². The molecule has 3 heterocycles. The minimum Gasteiger partial charge on any atom is -0.493 e. The molecule has 3 aromatic rings. The Morgan fingerprint density at radius 3 is 2.66 bits per heavy atom. The molecule has 2 saturated heterocycles. The van der Waals surface area contributed by atoms with Crippen molar-refractivity contribution in [1.29, 1.82) is 0 Å². The van der Waals surface area contributed by atoms with E-state index < -0.39 is 12.2 Å². The Labute approximate surface area is 202 Å². The number of nitrogens with zero attached hydrogens (tertiary/aromatic N) is 3. The van der Waals surface area contributed by atoms with E-state index in [1.165, 1.54) is 14.2 Å². The number of carbonyl (C=O) groups is 2. The largest absolute Gasteiger partial charge is 0.493 e. The highest BCUT2D eigenvalue weighted by Gasteiger charge is 2.45. The monoisotopic (exact) mass is 477 g/mol. The lowest BCUT2D eigenvalue weighted by molar-refractivity contribution is -0.129. The maximum atomic E-state index is 13.2. The van der Waals surface area contributed by atoms with Crippen LogP contribution in [-0.4, -0.2) is 48.5 Å². The number of aryl methyl sites for hydroxylation is 1. The van der Waals surface area contributed by atoms with E-state index in [9.17, 15) is 9.59 Å². The van der Waals surface area contributed by atoms with Crippen molar-refractivity contribution in [1.82, 2.24) is 25.8 Å². The summed E-state index contributed by atoms with van der Waals surface area (Å²) < 4.78 is 12.3. The van der Waals surface area contributed by atoms with Crippen molar-refractivity contribution in [3.05, 3.63) is 65.9 Å². The third kappa shape index (κ3) is 4.15. The van der Waals surface area contributed by atoms with Crippen molar-refractivity contribution in [2.24, 2.45) is 5.92 Å². The normalized spacial score (nSPS) is 21.3. The van der Waals surface area contributed by atoms with Gasteiger partial charge in [-0.05, 0) is 31.2 Å². The average molecular weight is 478 g/mol. The Hall–Kier alpha value is -4.09. The van der Waals surface area contributed by atoms with Crippen molar-refractivity contribution < 1.29 is 19.1 Å². The first kappa shape index (κ1) is 22.7. The maximum Gasteiger partial charge on any atom is 0.260 e. The molecule has 4 N–H and O–H groups in total. The van der Waals surface area contributed by atoms with E-state index in [0.717, 1.165) is 5.69 Å². The fourth-order valence-electron chi connectivity index (χ4n) is 4.49. The van der Waals surface area contributed by atoms with Crippen LogP contribution in [0.3, 0.4) is 0 Å². The van der Waals surface area contributed by atoms with Crippen LogP contribution in [0, 0.1) is 12.8 Å². The molecule has 11 heteroatoms. The van der Waals surface area contributed by atoms with Crippen molar-refractivity contribution in [2.45, 2.75) is 19.4 Å². The Morgan fingerprint density at radius 2 is 1.91 bits per heavy atom. The molecule has 0 bridgehead atoms. The van der Waals surface area contributed by atoms with Gasteiger partial charge in [-0.2, -0.15) is 5.10 Å². The van der Waals surface area contributed by atoms with Crippen LogP contribution < -0.4 is 35.9 Å². The predicted octanol–water partition coefficient (Wildman–Crippen LogP) is 1.60. The molecule has 2 fully saturated rings. The lowest BCUT2D eigenvalue weighted by Gasteiger charge is -2.37. The highest BCUT2D eigenvalue weighted by atomic mass is 16.5. The van der Waals surface area contributed by atoms with Crippen molar-refractivity contribution in [2.75, 3.05) is 31.1 Å². The van der Waals surface area contributed by atoms with Crippen LogP contribution in [-0.2, 0) is 4.79 Å². The molecule has 2 aromatic carbocycles. The zero-order valence-corrected chi connectivity index (χ0v) is 19.6. The first-order chi connectivity index (χ1) is 17.0. The van der Waals surface area contributed by atoms with Gasteiger partial charge in [0.05, 0.1) is 37.1 Å². The number of benzene rings is 2. The Kier molecular flexibility index (Phi) is 6.01. The van der Waals surface area contributed by atoms with E-state index in [4.69, 9.17) is 9.47 Å². The lowest BCUT2D eigenvalue weighted by atomic mass is 10.0. The fraction of sp³-hybridized carbons (Fsp3) is 0.292. The van der Waals surface area contributed by atoms with Gasteiger partial charge < -0.3 is 20.1 Å². The topological polar surface area (TPSA) is 122 Å². The zero-order valence-electron chi connectivity index (χ0n) is 19.6. The summed E-state index contributed by atoms with van der Waals surface area (Å²) in [5, 5.41) is 15.8. The van der Waals surface area contributed by atoms with Gasteiger partial charge in [0.25, 0.3) is 5.91 Å². The van der Waals surface area contributed by atoms with Crippen LogP contribution in [0.25, 0.3) is 0 Å². The Morgan fingerprint density at radius 1 is 1.11 bits per heavy atom. The SMILES string of the molecule is COc1cccc(C(=O)Nc2cc(C)nn2C2NC(=O)C3CNN(c4ccccc4)C3N2)c1OC. The quantitative estimate of drug-likeness (QED) is 0.423. The van der Waals surface area contributed by atoms with Crippen LogP contribution in [0.5, 0.6) is 11.5 Å². The number of ether oxygens (including phenoxy) is 2. The number of amides is 2. The van der Waals surface area contributed by atoms with Gasteiger partial charge in [-0.15, -0.1) is 0 Å². The first-order valence-corrected chi connectivity index (χ1v) is 11.2. The van der Waals surface area contributed by atoms with Gasteiger partial charge in [0.15, 0.2) is 17.8 Å². The van der Waals surface area contributed by atoms with E-state index in [1.807, 2.05) is 42.3 Å². The summed E-state index contributed by atoms with van der Waals surface area (Å²) in [6.07, 6.45) is -0.978. The summed E-state index contributed by atoms with van der Waals surface area (Å²) in [6, 6.07) is 16.6. The van der Waals surface area contributed by atoms with E-state index >= 15 is 0 Å². The molecule has 11 nitrogen and oxygen atoms in total. The zero-order chi connectivity index (χ0) is 24.5. The van der Waals surface area contributed by atoms with Crippen molar-refractivity contribution >= 4 is 23.3 Å². The first-order valence-electron chi connectivity index (χ1n) is 11.2. The second kappa shape index (κ2) is 9.28. The van der Waals surface area contributed by atoms with Gasteiger partial charge in [0.1, 0.15) is 12.0 Å². The lowest BCUT2D eigenvalue weighted by Crippen LogP contribution is -2.61. The average Bonchev–Trinajstić information content (AvgIpc) is 3.47. The molecule has 5 rings (SSSR count). The van der Waals surface area contributed by atoms with E-state index in [2.05, 4.69) is 26.5 Å². The summed E-state index contributed by atoms with van der Waals surface area (Å²) in [5.74, 6) is 0.414. The molecule has 3 unspecified atom stereocenters. The van der Waals surface area contributed by atoms with Crippen LogP contribution in [0.15, 0.2) is 54.6 Å². The van der Waals surface area contributed by atoms with Gasteiger partial charge in [0.2, 0.25) is 5.91 Å². The summed E-state index contributed by atoms with van der Waals surface area (Å²) in [5.41, 5.74) is 5.23. The van der Waals surface area contributed by atoms with Crippen LogP contribution in [0.1, 0.15) is 22.3 Å². The molecule has 0 saturated carbocycles. The number of hydrogen-bond donors (Lipinski definition) is 4. The van der Waals surface area contributed by atoms with Crippen LogP contribution in [0.2, 0.25) is 0 Å². The van der Waals surface area contributed by atoms with E-state index in [1.54, 1.807) is 28.9 Å². The van der Waals surface area contributed by atoms with Gasteiger partial charge in [0, 0.05) is 12.6 Å². The molecule has 3 atom stereocenters. The molecule has 0 aliphatic carbocycles. The highest BCUT2D eigenvalue weighted by Crippen LogP contribution is 2.32. The number of anilines is 2. The maximum absolute atomic E-state index is 13.2. The number of methoxy groups -OCH3 is 2. The number of aromatic nitrogens is 2. The van der Waals surface area contributed by atoms with E-state index in [0.29, 0.717) is 35.1 Å². The molecule has 35 heavy (non-hydrogen) atoms. The standard InChI is InChI=1S/C24H27N7O4/c1-14-12-19(26-22(32)16-10-7-11-18(34-2)20(16)35-3)31(29-14)24-27-21-17(23(33)28-24)13-25-30(21)15-8-5-4-6-9-15/h4-12,17,21,24-25,27H,13H2,1-3H3,(H,26,32)(H,28,33). The molecule has 0 spiro atoms. The summed E-state index contributed by atoms with van der Waals surface area (Å²) in [4.78, 5) is 26.2. The Balaban J connectivity index is 1.41. The number of carbonyl (C=O) groups excluding carboxylic acids is 2. The Bertz CT molecular complexity index is 1250. The van der Waals surface area contributed by atoms with Gasteiger partial charge >= 0.3 is 0 Å². The van der Waals surface area contributed by atoms with Gasteiger partial charge in [-0.25, -0.2) is 10.1 Å². The molecular weight excluding hydrogens is 450 g/mol. The fourth-order valence-corrected chi connectivity index (χ4v) is 4.49. The van der Waals surface area contributed by atoms with Crippen molar-refractivity contribution in [3.63, 3.8) is 0 Å².